The van der Waals surface area contributed by atoms with Gasteiger partial charge in [-0.3, -0.25) is 14.5 Å². The van der Waals surface area contributed by atoms with E-state index >= 15 is 0 Å². The van der Waals surface area contributed by atoms with Crippen LogP contribution >= 0.6 is 0 Å². The lowest BCUT2D eigenvalue weighted by atomic mass is 9.82. The molecule has 0 bridgehead atoms. The van der Waals surface area contributed by atoms with E-state index in [0.29, 0.717) is 36.6 Å². The highest BCUT2D eigenvalue weighted by molar-refractivity contribution is 5.95. The monoisotopic (exact) mass is 616 g/mol. The molecule has 2 heterocycles. The maximum absolute atomic E-state index is 14.5. The van der Waals surface area contributed by atoms with Crippen molar-refractivity contribution in [3.8, 4) is 11.5 Å². The molecule has 1 N–H and O–H groups in total. The Labute approximate surface area is 265 Å². The van der Waals surface area contributed by atoms with Gasteiger partial charge in [0.2, 0.25) is 5.91 Å². The number of carbonyl (C=O) groups is 2. The van der Waals surface area contributed by atoms with Gasteiger partial charge in [0.15, 0.2) is 0 Å². The molecule has 3 atom stereocenters. The van der Waals surface area contributed by atoms with Crippen molar-refractivity contribution in [2.45, 2.75) is 77.3 Å². The van der Waals surface area contributed by atoms with E-state index in [1.807, 2.05) is 41.3 Å². The maximum atomic E-state index is 14.5. The van der Waals surface area contributed by atoms with Gasteiger partial charge in [-0.1, -0.05) is 57.0 Å². The molecule has 2 aliphatic heterocycles. The van der Waals surface area contributed by atoms with E-state index < -0.39 is 17.9 Å². The third-order valence-electron chi connectivity index (χ3n) is 9.43. The molecule has 8 heteroatoms. The van der Waals surface area contributed by atoms with Crippen LogP contribution in [0, 0.1) is 18.7 Å². The fraction of sp³-hybridized carbons (Fsp3) is 0.459. The normalized spacial score (nSPS) is 19.4. The smallest absolute Gasteiger partial charge is 0.308 e. The lowest BCUT2D eigenvalue weighted by Crippen LogP contribution is -2.48. The summed E-state index contributed by atoms with van der Waals surface area (Å²) in [6, 6.07) is 18.0. The number of likely N-dealkylation sites (tertiary alicyclic amines) is 1. The molecule has 0 aliphatic carbocycles. The summed E-state index contributed by atoms with van der Waals surface area (Å²) in [5.74, 6) is -0.810. The number of nitrogens with zero attached hydrogens (tertiary/aromatic N) is 2. The molecule has 0 spiro atoms. The van der Waals surface area contributed by atoms with Crippen LogP contribution in [0.5, 0.6) is 11.5 Å². The fourth-order valence-electron chi connectivity index (χ4n) is 7.27. The van der Waals surface area contributed by atoms with Crippen molar-refractivity contribution >= 4 is 17.6 Å². The molecule has 0 saturated carbocycles. The molecule has 1 fully saturated rings. The predicted octanol–water partition coefficient (Wildman–Crippen LogP) is 6.79. The first-order chi connectivity index (χ1) is 21.7. The SMILES string of the molecule is CCCC(CCC)N(C(=O)CN1C[C@H](c2ccc3c(c2)CCO3)[C@@H](C(=O)O)[C@@H]1Cc1ccccc1OC)c1ccc(F)c(C)c1. The van der Waals surface area contributed by atoms with Crippen LogP contribution in [0.4, 0.5) is 10.1 Å². The summed E-state index contributed by atoms with van der Waals surface area (Å²) in [6.07, 6.45) is 4.65. The van der Waals surface area contributed by atoms with Gasteiger partial charge in [-0.05, 0) is 78.8 Å². The molecule has 1 saturated heterocycles. The summed E-state index contributed by atoms with van der Waals surface area (Å²) < 4.78 is 25.7. The molecule has 1 amide bonds. The standard InChI is InChI=1S/C37H45FN2O5/c1-5-9-28(10-6-2)40(29-14-15-31(38)24(3)19-29)35(41)23-39-22-30(25-13-16-34-27(20-25)17-18-45-34)36(37(42)43)32(39)21-26-11-7-8-12-33(26)44-4/h7-8,11-16,19-20,28,30,32,36H,5-6,9-10,17-18,21-23H2,1-4H3,(H,42,43)/t30-,32+,36-/m1/s1. The number of amides is 1. The summed E-state index contributed by atoms with van der Waals surface area (Å²) in [4.78, 5) is 31.5. The summed E-state index contributed by atoms with van der Waals surface area (Å²) in [5, 5.41) is 10.7. The highest BCUT2D eigenvalue weighted by atomic mass is 19.1. The predicted molar refractivity (Wildman–Crippen MR) is 174 cm³/mol. The molecule has 45 heavy (non-hydrogen) atoms. The van der Waals surface area contributed by atoms with Crippen LogP contribution in [-0.2, 0) is 22.4 Å². The van der Waals surface area contributed by atoms with Crippen molar-refractivity contribution in [1.82, 2.24) is 4.90 Å². The highest BCUT2D eigenvalue weighted by Crippen LogP contribution is 2.42. The average molecular weight is 617 g/mol. The van der Waals surface area contributed by atoms with Crippen molar-refractivity contribution in [3.05, 3.63) is 88.7 Å². The number of fused-ring (bicyclic) bond motifs is 1. The second-order valence-electron chi connectivity index (χ2n) is 12.4. The second kappa shape index (κ2) is 14.5. The van der Waals surface area contributed by atoms with Gasteiger partial charge in [-0.15, -0.1) is 0 Å². The number of hydrogen-bond acceptors (Lipinski definition) is 5. The third kappa shape index (κ3) is 7.01. The Bertz CT molecular complexity index is 1500. The molecule has 7 nitrogen and oxygen atoms in total. The van der Waals surface area contributed by atoms with Gasteiger partial charge in [0.1, 0.15) is 17.3 Å². The van der Waals surface area contributed by atoms with E-state index in [9.17, 15) is 19.1 Å². The van der Waals surface area contributed by atoms with Crippen LogP contribution in [-0.4, -0.2) is 60.8 Å². The van der Waals surface area contributed by atoms with E-state index in [-0.39, 0.29) is 30.2 Å². The van der Waals surface area contributed by atoms with Crippen molar-refractivity contribution in [3.63, 3.8) is 0 Å². The number of methoxy groups -OCH3 is 1. The van der Waals surface area contributed by atoms with E-state index in [2.05, 4.69) is 24.8 Å². The van der Waals surface area contributed by atoms with Crippen LogP contribution in [0.2, 0.25) is 0 Å². The first kappa shape index (κ1) is 32.5. The third-order valence-corrected chi connectivity index (χ3v) is 9.43. The lowest BCUT2D eigenvalue weighted by molar-refractivity contribution is -0.143. The fourth-order valence-corrected chi connectivity index (χ4v) is 7.27. The van der Waals surface area contributed by atoms with Crippen LogP contribution in [0.3, 0.4) is 0 Å². The Morgan fingerprint density at radius 3 is 2.53 bits per heavy atom. The largest absolute Gasteiger partial charge is 0.496 e. The summed E-state index contributed by atoms with van der Waals surface area (Å²) >= 11 is 0. The van der Waals surface area contributed by atoms with Crippen LogP contribution in [0.15, 0.2) is 60.7 Å². The Hall–Kier alpha value is -3.91. The Kier molecular flexibility index (Phi) is 10.4. The number of aliphatic carboxylic acids is 1. The number of para-hydroxylation sites is 1. The zero-order chi connectivity index (χ0) is 32.1. The molecule has 3 aromatic rings. The van der Waals surface area contributed by atoms with E-state index in [1.165, 1.54) is 6.07 Å². The number of carbonyl (C=O) groups excluding carboxylic acids is 1. The van der Waals surface area contributed by atoms with Gasteiger partial charge in [0.05, 0.1) is 26.2 Å². The molecular weight excluding hydrogens is 571 g/mol. The number of carboxylic acid groups (broad SMARTS) is 1. The molecule has 0 unspecified atom stereocenters. The summed E-state index contributed by atoms with van der Waals surface area (Å²) in [5.41, 5.74) is 4.10. The number of benzene rings is 3. The van der Waals surface area contributed by atoms with E-state index in [0.717, 1.165) is 54.5 Å². The minimum absolute atomic E-state index is 0.0459. The van der Waals surface area contributed by atoms with Crippen molar-refractivity contribution in [2.75, 3.05) is 31.7 Å². The Balaban J connectivity index is 1.54. The van der Waals surface area contributed by atoms with Crippen molar-refractivity contribution in [1.29, 1.82) is 0 Å². The molecular formula is C37H45FN2O5. The van der Waals surface area contributed by atoms with Gasteiger partial charge in [0, 0.05) is 36.7 Å². The van der Waals surface area contributed by atoms with Gasteiger partial charge >= 0.3 is 5.97 Å². The first-order valence-electron chi connectivity index (χ1n) is 16.2. The second-order valence-corrected chi connectivity index (χ2v) is 12.4. The Morgan fingerprint density at radius 1 is 1.09 bits per heavy atom. The molecule has 3 aromatic carbocycles. The van der Waals surface area contributed by atoms with E-state index in [4.69, 9.17) is 9.47 Å². The zero-order valence-corrected chi connectivity index (χ0v) is 26.8. The van der Waals surface area contributed by atoms with E-state index in [1.54, 1.807) is 26.2 Å². The van der Waals surface area contributed by atoms with Gasteiger partial charge < -0.3 is 19.5 Å². The average Bonchev–Trinajstić information content (AvgIpc) is 3.64. The number of hydrogen-bond donors (Lipinski definition) is 1. The highest BCUT2D eigenvalue weighted by Gasteiger charge is 2.48. The quantitative estimate of drug-likeness (QED) is 0.228. The van der Waals surface area contributed by atoms with Crippen molar-refractivity contribution in [2.24, 2.45) is 5.92 Å². The first-order valence-corrected chi connectivity index (χ1v) is 16.2. The number of anilines is 1. The number of rotatable bonds is 13. The minimum Gasteiger partial charge on any atom is -0.496 e. The Morgan fingerprint density at radius 2 is 1.84 bits per heavy atom. The van der Waals surface area contributed by atoms with Gasteiger partial charge in [0.25, 0.3) is 0 Å². The molecule has 2 aliphatic rings. The van der Waals surface area contributed by atoms with Crippen molar-refractivity contribution < 1.29 is 28.6 Å². The van der Waals surface area contributed by atoms with Gasteiger partial charge in [-0.25, -0.2) is 4.39 Å². The number of halogens is 1. The van der Waals surface area contributed by atoms with Crippen LogP contribution in [0.1, 0.15) is 67.7 Å². The maximum Gasteiger partial charge on any atom is 0.308 e. The number of carboxylic acids is 1. The lowest BCUT2D eigenvalue weighted by Gasteiger charge is -2.35. The molecule has 0 radical (unpaired) electrons. The molecule has 240 valence electrons. The van der Waals surface area contributed by atoms with Crippen LogP contribution in [0.25, 0.3) is 0 Å². The molecule has 5 rings (SSSR count). The zero-order valence-electron chi connectivity index (χ0n) is 26.8. The number of aryl methyl sites for hydroxylation is 1. The molecule has 0 aromatic heterocycles. The van der Waals surface area contributed by atoms with Crippen LogP contribution < -0.4 is 14.4 Å². The number of ether oxygens (including phenoxy) is 2. The summed E-state index contributed by atoms with van der Waals surface area (Å²) in [6.45, 7) is 7.02. The topological polar surface area (TPSA) is 79.3 Å². The minimum atomic E-state index is -0.882. The van der Waals surface area contributed by atoms with Gasteiger partial charge in [-0.2, -0.15) is 0 Å². The summed E-state index contributed by atoms with van der Waals surface area (Å²) in [7, 11) is 1.61.